The van der Waals surface area contributed by atoms with Crippen LogP contribution in [0.4, 0.5) is 5.69 Å². The number of hydrogen-bond acceptors (Lipinski definition) is 5. The zero-order valence-electron chi connectivity index (χ0n) is 17.5. The van der Waals surface area contributed by atoms with Crippen molar-refractivity contribution in [3.05, 3.63) is 59.8 Å². The molecule has 0 radical (unpaired) electrons. The number of amides is 1. The Bertz CT molecular complexity index is 1190. The molecule has 7 nitrogen and oxygen atoms in total. The maximum atomic E-state index is 12.7. The van der Waals surface area contributed by atoms with Crippen LogP contribution in [0.25, 0.3) is 11.3 Å². The molecule has 164 valence electrons. The minimum absolute atomic E-state index is 0.0612. The van der Waals surface area contributed by atoms with Gasteiger partial charge in [-0.3, -0.25) is 4.79 Å². The van der Waals surface area contributed by atoms with Gasteiger partial charge in [-0.25, -0.2) is 17.7 Å². The van der Waals surface area contributed by atoms with E-state index in [0.29, 0.717) is 10.8 Å². The van der Waals surface area contributed by atoms with E-state index < -0.39 is 15.3 Å². The summed E-state index contributed by atoms with van der Waals surface area (Å²) in [5, 5.41) is 3.09. The number of nitrogens with one attached hydrogen (secondary N) is 1. The van der Waals surface area contributed by atoms with Gasteiger partial charge in [0.1, 0.15) is 4.90 Å². The van der Waals surface area contributed by atoms with Crippen LogP contribution >= 0.6 is 23.4 Å². The van der Waals surface area contributed by atoms with E-state index in [-0.39, 0.29) is 15.8 Å². The molecule has 2 aromatic carbocycles. The number of thioether (sulfide) groups is 1. The van der Waals surface area contributed by atoms with E-state index in [1.54, 1.807) is 19.2 Å². The SMILES string of the molecule is C[C@H](Sc1ncc(-c2ccccc2)n1C)C(=O)Nc1ccc(Cl)c(S(=O)(=O)N(C)C)c1. The molecule has 31 heavy (non-hydrogen) atoms. The number of carbonyl (C=O) groups is 1. The highest BCUT2D eigenvalue weighted by Gasteiger charge is 2.23. The third kappa shape index (κ3) is 5.12. The molecule has 1 heterocycles. The number of rotatable bonds is 7. The summed E-state index contributed by atoms with van der Waals surface area (Å²) in [5.41, 5.74) is 2.34. The van der Waals surface area contributed by atoms with Crippen molar-refractivity contribution in [3.63, 3.8) is 0 Å². The number of benzene rings is 2. The van der Waals surface area contributed by atoms with E-state index in [9.17, 15) is 13.2 Å². The Morgan fingerprint density at radius 3 is 2.52 bits per heavy atom. The molecule has 10 heteroatoms. The van der Waals surface area contributed by atoms with Gasteiger partial charge < -0.3 is 9.88 Å². The molecule has 0 aliphatic carbocycles. The summed E-state index contributed by atoms with van der Waals surface area (Å²) in [6.07, 6.45) is 1.78. The lowest BCUT2D eigenvalue weighted by molar-refractivity contribution is -0.115. The number of imidazole rings is 1. The summed E-state index contributed by atoms with van der Waals surface area (Å²) in [6.45, 7) is 1.77. The van der Waals surface area contributed by atoms with Crippen LogP contribution in [0.5, 0.6) is 0 Å². The molecule has 3 aromatic rings. The van der Waals surface area contributed by atoms with Gasteiger partial charge in [0.15, 0.2) is 5.16 Å². The normalized spacial score (nSPS) is 12.7. The maximum absolute atomic E-state index is 12.7. The Labute approximate surface area is 191 Å². The first kappa shape index (κ1) is 23.3. The number of nitrogens with zero attached hydrogens (tertiary/aromatic N) is 3. The van der Waals surface area contributed by atoms with Crippen molar-refractivity contribution >= 4 is 45.0 Å². The van der Waals surface area contributed by atoms with Gasteiger partial charge in [-0.2, -0.15) is 0 Å². The molecule has 0 unspecified atom stereocenters. The minimum atomic E-state index is -3.73. The van der Waals surface area contributed by atoms with Gasteiger partial charge in [0.05, 0.1) is 22.2 Å². The fraction of sp³-hybridized carbons (Fsp3) is 0.238. The van der Waals surface area contributed by atoms with Gasteiger partial charge in [-0.05, 0) is 30.7 Å². The zero-order valence-corrected chi connectivity index (χ0v) is 19.9. The molecule has 0 fully saturated rings. The molecule has 0 aliphatic rings. The quantitative estimate of drug-likeness (QED) is 0.516. The molecule has 1 atom stereocenters. The predicted molar refractivity (Wildman–Crippen MR) is 125 cm³/mol. The molecule has 0 saturated carbocycles. The third-order valence-electron chi connectivity index (χ3n) is 4.62. The fourth-order valence-corrected chi connectivity index (χ4v) is 5.06. The first-order chi connectivity index (χ1) is 14.6. The lowest BCUT2D eigenvalue weighted by Crippen LogP contribution is -2.24. The van der Waals surface area contributed by atoms with E-state index in [0.717, 1.165) is 15.6 Å². The van der Waals surface area contributed by atoms with Crippen LogP contribution in [0.2, 0.25) is 5.02 Å². The lowest BCUT2D eigenvalue weighted by Gasteiger charge is -2.15. The number of sulfonamides is 1. The second kappa shape index (κ2) is 9.44. The van der Waals surface area contributed by atoms with Crippen molar-refractivity contribution < 1.29 is 13.2 Å². The average Bonchev–Trinajstić information content (AvgIpc) is 3.09. The van der Waals surface area contributed by atoms with Crippen LogP contribution in [-0.4, -0.2) is 47.5 Å². The topological polar surface area (TPSA) is 84.3 Å². The second-order valence-corrected chi connectivity index (χ2v) is 10.9. The molecule has 0 aliphatic heterocycles. The summed E-state index contributed by atoms with van der Waals surface area (Å²) >= 11 is 7.39. The number of carbonyl (C=O) groups excluding carboxylic acids is 1. The molecule has 0 spiro atoms. The first-order valence-electron chi connectivity index (χ1n) is 9.38. The fourth-order valence-electron chi connectivity index (χ4n) is 2.81. The van der Waals surface area contributed by atoms with Crippen molar-refractivity contribution in [1.82, 2.24) is 13.9 Å². The third-order valence-corrected chi connectivity index (χ3v) is 8.08. The smallest absolute Gasteiger partial charge is 0.244 e. The number of aromatic nitrogens is 2. The Morgan fingerprint density at radius 2 is 1.87 bits per heavy atom. The highest BCUT2D eigenvalue weighted by atomic mass is 35.5. The monoisotopic (exact) mass is 478 g/mol. The largest absolute Gasteiger partial charge is 0.325 e. The Kier molecular flexibility index (Phi) is 7.10. The lowest BCUT2D eigenvalue weighted by atomic mass is 10.2. The minimum Gasteiger partial charge on any atom is -0.325 e. The van der Waals surface area contributed by atoms with Gasteiger partial charge in [0.25, 0.3) is 0 Å². The summed E-state index contributed by atoms with van der Waals surface area (Å²) in [6, 6.07) is 14.3. The van der Waals surface area contributed by atoms with Gasteiger partial charge in [0, 0.05) is 26.8 Å². The summed E-state index contributed by atoms with van der Waals surface area (Å²) in [7, 11) is 1.02. The number of halogens is 1. The van der Waals surface area contributed by atoms with Crippen LogP contribution in [0.3, 0.4) is 0 Å². The van der Waals surface area contributed by atoms with E-state index in [1.165, 1.54) is 38.0 Å². The number of anilines is 1. The highest BCUT2D eigenvalue weighted by Crippen LogP contribution is 2.29. The second-order valence-electron chi connectivity index (χ2n) is 7.03. The van der Waals surface area contributed by atoms with Crippen LogP contribution in [0.15, 0.2) is 64.8 Å². The standard InChI is InChI=1S/C21H23ClN4O3S2/c1-14(30-21-23-13-18(26(21)4)15-8-6-5-7-9-15)20(27)24-16-10-11-17(22)19(12-16)31(28,29)25(2)3/h5-14H,1-4H3,(H,24,27)/t14-/m0/s1. The molecule has 3 rings (SSSR count). The van der Waals surface area contributed by atoms with Crippen LogP contribution in [0, 0.1) is 0 Å². The van der Waals surface area contributed by atoms with Crippen molar-refractivity contribution in [1.29, 1.82) is 0 Å². The maximum Gasteiger partial charge on any atom is 0.244 e. The van der Waals surface area contributed by atoms with Gasteiger partial charge in [-0.15, -0.1) is 0 Å². The molecule has 0 saturated heterocycles. The average molecular weight is 479 g/mol. The van der Waals surface area contributed by atoms with Gasteiger partial charge in [-0.1, -0.05) is 53.7 Å². The van der Waals surface area contributed by atoms with Gasteiger partial charge >= 0.3 is 0 Å². The Balaban J connectivity index is 1.75. The predicted octanol–water partition coefficient (Wildman–Crippen LogP) is 4.11. The molecule has 1 amide bonds. The zero-order chi connectivity index (χ0) is 22.8. The molecule has 1 aromatic heterocycles. The molecule has 0 bridgehead atoms. The van der Waals surface area contributed by atoms with Crippen LogP contribution in [-0.2, 0) is 21.9 Å². The Hall–Kier alpha value is -2.33. The molecular formula is C21H23ClN4O3S2. The number of hydrogen-bond donors (Lipinski definition) is 1. The molecule has 1 N–H and O–H groups in total. The van der Waals surface area contributed by atoms with Crippen molar-refractivity contribution in [2.45, 2.75) is 22.2 Å². The van der Waals surface area contributed by atoms with Crippen LogP contribution in [0.1, 0.15) is 6.92 Å². The van der Waals surface area contributed by atoms with E-state index in [1.807, 2.05) is 41.9 Å². The first-order valence-corrected chi connectivity index (χ1v) is 12.1. The van der Waals surface area contributed by atoms with Crippen molar-refractivity contribution in [2.75, 3.05) is 19.4 Å². The summed E-state index contributed by atoms with van der Waals surface area (Å²) in [4.78, 5) is 17.1. The van der Waals surface area contributed by atoms with Crippen molar-refractivity contribution in [3.8, 4) is 11.3 Å². The van der Waals surface area contributed by atoms with E-state index in [4.69, 9.17) is 11.6 Å². The van der Waals surface area contributed by atoms with Gasteiger partial charge in [0.2, 0.25) is 15.9 Å². The van der Waals surface area contributed by atoms with E-state index in [2.05, 4.69) is 10.3 Å². The summed E-state index contributed by atoms with van der Waals surface area (Å²) < 4.78 is 27.9. The highest BCUT2D eigenvalue weighted by molar-refractivity contribution is 8.00. The van der Waals surface area contributed by atoms with E-state index >= 15 is 0 Å². The Morgan fingerprint density at radius 1 is 1.19 bits per heavy atom. The molecular weight excluding hydrogens is 456 g/mol. The van der Waals surface area contributed by atoms with Crippen molar-refractivity contribution in [2.24, 2.45) is 7.05 Å². The summed E-state index contributed by atoms with van der Waals surface area (Å²) in [5.74, 6) is -0.273. The van der Waals surface area contributed by atoms with Crippen LogP contribution < -0.4 is 5.32 Å².